The van der Waals surface area contributed by atoms with E-state index in [4.69, 9.17) is 5.73 Å². The van der Waals surface area contributed by atoms with E-state index in [1.165, 1.54) is 36.1 Å². The molecule has 0 aliphatic heterocycles. The van der Waals surface area contributed by atoms with Gasteiger partial charge in [0, 0.05) is 24.2 Å². The highest BCUT2D eigenvalue weighted by Crippen LogP contribution is 2.39. The molecule has 4 rings (SSSR count). The Kier molecular flexibility index (Phi) is 4.34. The van der Waals surface area contributed by atoms with Crippen LogP contribution in [0.2, 0.25) is 0 Å². The molecule has 0 radical (unpaired) electrons. The molecule has 1 aromatic heterocycles. The lowest BCUT2D eigenvalue weighted by Crippen LogP contribution is -2.24. The summed E-state index contributed by atoms with van der Waals surface area (Å²) in [5, 5.41) is 7.53. The van der Waals surface area contributed by atoms with Crippen molar-refractivity contribution in [2.24, 2.45) is 12.8 Å². The van der Waals surface area contributed by atoms with Crippen molar-refractivity contribution < 1.29 is 4.79 Å². The highest BCUT2D eigenvalue weighted by atomic mass is 16.1. The van der Waals surface area contributed by atoms with E-state index >= 15 is 0 Å². The van der Waals surface area contributed by atoms with E-state index in [9.17, 15) is 4.79 Å². The van der Waals surface area contributed by atoms with Gasteiger partial charge in [0.2, 0.25) is 0 Å². The van der Waals surface area contributed by atoms with Gasteiger partial charge in [-0.15, -0.1) is 0 Å². The topological polar surface area (TPSA) is 72.9 Å². The van der Waals surface area contributed by atoms with E-state index in [0.717, 1.165) is 24.1 Å². The second-order valence-corrected chi connectivity index (χ2v) is 7.38. The number of aromatic nitrogens is 2. The van der Waals surface area contributed by atoms with Crippen molar-refractivity contribution >= 4 is 5.91 Å². The fraction of sp³-hybridized carbons (Fsp3) is 0.500. The Morgan fingerprint density at radius 1 is 1.32 bits per heavy atom. The lowest BCUT2D eigenvalue weighted by atomic mass is 9.82. The number of nitrogens with one attached hydrogen (secondary N) is 1. The van der Waals surface area contributed by atoms with Gasteiger partial charge >= 0.3 is 0 Å². The van der Waals surface area contributed by atoms with Gasteiger partial charge in [0.1, 0.15) is 0 Å². The second kappa shape index (κ2) is 6.64. The number of hydrogen-bond acceptors (Lipinski definition) is 3. The Bertz CT molecular complexity index is 791. The number of carbonyl (C=O) groups is 1. The number of rotatable bonds is 5. The molecule has 1 heterocycles. The largest absolute Gasteiger partial charge is 0.346 e. The number of carbonyl (C=O) groups excluding carboxylic acids is 1. The first kappa shape index (κ1) is 16.3. The molecule has 1 amide bonds. The summed E-state index contributed by atoms with van der Waals surface area (Å²) in [4.78, 5) is 12.6. The van der Waals surface area contributed by atoms with E-state index < -0.39 is 0 Å². The number of aryl methyl sites for hydroxylation is 2. The molecule has 2 aromatic rings. The summed E-state index contributed by atoms with van der Waals surface area (Å²) >= 11 is 0. The van der Waals surface area contributed by atoms with Gasteiger partial charge in [-0.25, -0.2) is 0 Å². The minimum atomic E-state index is -0.0391. The Labute approximate surface area is 148 Å². The number of nitrogens with zero attached hydrogens (tertiary/aromatic N) is 2. The summed E-state index contributed by atoms with van der Waals surface area (Å²) in [6, 6.07) is 8.18. The zero-order valence-electron chi connectivity index (χ0n) is 14.8. The van der Waals surface area contributed by atoms with Crippen molar-refractivity contribution in [2.75, 3.05) is 6.54 Å². The molecule has 132 valence electrons. The third-order valence-electron chi connectivity index (χ3n) is 5.52. The van der Waals surface area contributed by atoms with Gasteiger partial charge in [-0.2, -0.15) is 5.10 Å². The van der Waals surface area contributed by atoms with Crippen LogP contribution >= 0.6 is 0 Å². The van der Waals surface area contributed by atoms with E-state index in [1.54, 1.807) is 0 Å². The molecule has 5 nitrogen and oxygen atoms in total. The molecule has 0 saturated heterocycles. The average Bonchev–Trinajstić information content (AvgIpc) is 3.41. The quantitative estimate of drug-likeness (QED) is 0.880. The Hall–Kier alpha value is -2.14. The van der Waals surface area contributed by atoms with Crippen LogP contribution in [-0.4, -0.2) is 22.2 Å². The van der Waals surface area contributed by atoms with Crippen LogP contribution < -0.4 is 11.1 Å². The normalized spacial score (nSPS) is 19.5. The summed E-state index contributed by atoms with van der Waals surface area (Å²) in [6.45, 7) is 1.12. The van der Waals surface area contributed by atoms with Crippen molar-refractivity contribution in [3.8, 4) is 0 Å². The van der Waals surface area contributed by atoms with Crippen LogP contribution in [0.25, 0.3) is 0 Å². The standard InChI is InChI=1S/C20H26N4O/c1-24-19(14-6-7-14)10-17(23-24)12-22-20(25)15-8-5-13-3-2-4-16(11-21)18(13)9-15/h5,8-10,14,16H,2-4,6-7,11-12,21H2,1H3,(H,22,25). The lowest BCUT2D eigenvalue weighted by Gasteiger charge is -2.24. The summed E-state index contributed by atoms with van der Waals surface area (Å²) < 4.78 is 1.95. The van der Waals surface area contributed by atoms with Gasteiger partial charge < -0.3 is 11.1 Å². The fourth-order valence-corrected chi connectivity index (χ4v) is 3.95. The van der Waals surface area contributed by atoms with E-state index in [2.05, 4.69) is 22.5 Å². The lowest BCUT2D eigenvalue weighted by molar-refractivity contribution is 0.0950. The molecule has 5 heteroatoms. The zero-order chi connectivity index (χ0) is 17.4. The summed E-state index contributed by atoms with van der Waals surface area (Å²) in [5.41, 5.74) is 11.4. The van der Waals surface area contributed by atoms with Crippen molar-refractivity contribution in [2.45, 2.75) is 50.5 Å². The predicted octanol–water partition coefficient (Wildman–Crippen LogP) is 2.61. The van der Waals surface area contributed by atoms with Crippen LogP contribution in [-0.2, 0) is 20.0 Å². The van der Waals surface area contributed by atoms with Gasteiger partial charge in [0.25, 0.3) is 5.91 Å². The third-order valence-corrected chi connectivity index (χ3v) is 5.52. The summed E-state index contributed by atoms with van der Waals surface area (Å²) in [6.07, 6.45) is 5.90. The fourth-order valence-electron chi connectivity index (χ4n) is 3.95. The van der Waals surface area contributed by atoms with Gasteiger partial charge in [0.15, 0.2) is 0 Å². The third kappa shape index (κ3) is 3.33. The first-order chi connectivity index (χ1) is 12.2. The van der Waals surface area contributed by atoms with Crippen molar-refractivity contribution in [3.63, 3.8) is 0 Å². The SMILES string of the molecule is Cn1nc(CNC(=O)c2ccc3c(c2)C(CN)CCC3)cc1C1CC1. The summed E-state index contributed by atoms with van der Waals surface area (Å²) in [5.74, 6) is 1.01. The highest BCUT2D eigenvalue weighted by molar-refractivity contribution is 5.94. The van der Waals surface area contributed by atoms with Crippen LogP contribution in [0.15, 0.2) is 24.3 Å². The van der Waals surface area contributed by atoms with Gasteiger partial charge in [-0.3, -0.25) is 9.48 Å². The molecule has 1 fully saturated rings. The van der Waals surface area contributed by atoms with Gasteiger partial charge in [-0.1, -0.05) is 6.07 Å². The monoisotopic (exact) mass is 338 g/mol. The molecule has 0 bridgehead atoms. The van der Waals surface area contributed by atoms with E-state index in [-0.39, 0.29) is 5.91 Å². The van der Waals surface area contributed by atoms with Crippen molar-refractivity contribution in [3.05, 3.63) is 52.3 Å². The average molecular weight is 338 g/mol. The van der Waals surface area contributed by atoms with Crippen LogP contribution in [0.4, 0.5) is 0 Å². The van der Waals surface area contributed by atoms with E-state index in [0.29, 0.717) is 24.9 Å². The number of amides is 1. The minimum Gasteiger partial charge on any atom is -0.346 e. The Morgan fingerprint density at radius 2 is 2.16 bits per heavy atom. The second-order valence-electron chi connectivity index (χ2n) is 7.38. The van der Waals surface area contributed by atoms with Crippen LogP contribution in [0.5, 0.6) is 0 Å². The van der Waals surface area contributed by atoms with Crippen molar-refractivity contribution in [1.29, 1.82) is 0 Å². The molecule has 2 aliphatic rings. The molecular weight excluding hydrogens is 312 g/mol. The molecule has 1 atom stereocenters. The number of benzene rings is 1. The molecule has 1 saturated carbocycles. The molecule has 3 N–H and O–H groups in total. The molecular formula is C20H26N4O. The minimum absolute atomic E-state index is 0.0391. The first-order valence-corrected chi connectivity index (χ1v) is 9.29. The van der Waals surface area contributed by atoms with Crippen molar-refractivity contribution in [1.82, 2.24) is 15.1 Å². The number of fused-ring (bicyclic) bond motifs is 1. The van der Waals surface area contributed by atoms with Crippen LogP contribution in [0.3, 0.4) is 0 Å². The maximum Gasteiger partial charge on any atom is 0.251 e. The molecule has 0 spiro atoms. The van der Waals surface area contributed by atoms with Gasteiger partial charge in [0.05, 0.1) is 12.2 Å². The van der Waals surface area contributed by atoms with Gasteiger partial charge in [-0.05, 0) is 73.9 Å². The Balaban J connectivity index is 1.45. The van der Waals surface area contributed by atoms with Crippen LogP contribution in [0, 0.1) is 0 Å². The predicted molar refractivity (Wildman–Crippen MR) is 97.5 cm³/mol. The Morgan fingerprint density at radius 3 is 2.92 bits per heavy atom. The van der Waals surface area contributed by atoms with Crippen LogP contribution in [0.1, 0.15) is 70.4 Å². The maximum atomic E-state index is 12.6. The summed E-state index contributed by atoms with van der Waals surface area (Å²) in [7, 11) is 1.98. The molecule has 2 aliphatic carbocycles. The number of hydrogen-bond donors (Lipinski definition) is 2. The maximum absolute atomic E-state index is 12.6. The molecule has 25 heavy (non-hydrogen) atoms. The van der Waals surface area contributed by atoms with E-state index in [1.807, 2.05) is 23.9 Å². The number of nitrogens with two attached hydrogens (primary N) is 1. The zero-order valence-corrected chi connectivity index (χ0v) is 14.8. The highest BCUT2D eigenvalue weighted by Gasteiger charge is 2.27. The molecule has 1 unspecified atom stereocenters. The molecule has 1 aromatic carbocycles. The smallest absolute Gasteiger partial charge is 0.251 e. The first-order valence-electron chi connectivity index (χ1n) is 9.29.